The highest BCUT2D eigenvalue weighted by Gasteiger charge is 2.31. The van der Waals surface area contributed by atoms with Crippen molar-refractivity contribution in [1.29, 1.82) is 0 Å². The summed E-state index contributed by atoms with van der Waals surface area (Å²) in [6.45, 7) is 3.61. The van der Waals surface area contributed by atoms with Gasteiger partial charge in [-0.25, -0.2) is 0 Å². The summed E-state index contributed by atoms with van der Waals surface area (Å²) in [7, 11) is 3.97. The molecule has 1 aliphatic rings. The van der Waals surface area contributed by atoms with Crippen molar-refractivity contribution in [3.05, 3.63) is 47.2 Å². The van der Waals surface area contributed by atoms with Crippen LogP contribution in [0.1, 0.15) is 29.9 Å². The van der Waals surface area contributed by atoms with Gasteiger partial charge in [-0.1, -0.05) is 24.3 Å². The minimum Gasteiger partial charge on any atom is -0.389 e. The van der Waals surface area contributed by atoms with Gasteiger partial charge in [-0.05, 0) is 38.1 Å². The first-order chi connectivity index (χ1) is 10.5. The van der Waals surface area contributed by atoms with Gasteiger partial charge in [0, 0.05) is 32.1 Å². The van der Waals surface area contributed by atoms with Crippen LogP contribution in [0.15, 0.2) is 36.0 Å². The number of likely N-dealkylation sites (N-methyl/N-ethyl adjacent to an activating group) is 1. The van der Waals surface area contributed by atoms with Crippen LogP contribution in [0.4, 0.5) is 0 Å². The molecule has 2 rings (SSSR count). The molecule has 22 heavy (non-hydrogen) atoms. The Kier molecular flexibility index (Phi) is 5.50. The van der Waals surface area contributed by atoms with E-state index in [0.717, 1.165) is 24.2 Å². The highest BCUT2D eigenvalue weighted by atomic mass is 16.1. The third-order valence-electron chi connectivity index (χ3n) is 4.04. The molecule has 4 nitrogen and oxygen atoms in total. The molecule has 0 aliphatic heterocycles. The molecule has 0 bridgehead atoms. The van der Waals surface area contributed by atoms with E-state index in [-0.39, 0.29) is 17.5 Å². The molecular weight excluding hydrogens is 276 g/mol. The highest BCUT2D eigenvalue weighted by molar-refractivity contribution is 6.22. The maximum absolute atomic E-state index is 12.3. The third kappa shape index (κ3) is 4.04. The van der Waals surface area contributed by atoms with Crippen molar-refractivity contribution in [3.8, 4) is 0 Å². The zero-order valence-electron chi connectivity index (χ0n) is 13.6. The van der Waals surface area contributed by atoms with E-state index in [2.05, 4.69) is 5.32 Å². The molecule has 118 valence electrons. The van der Waals surface area contributed by atoms with E-state index >= 15 is 0 Å². The van der Waals surface area contributed by atoms with Gasteiger partial charge in [0.05, 0.1) is 5.57 Å². The number of nitrogens with zero attached hydrogens (tertiary/aromatic N) is 1. The number of ketones is 2. The molecule has 4 heteroatoms. The first-order valence-electron chi connectivity index (χ1n) is 7.69. The number of aryl methyl sites for hydroxylation is 1. The Bertz CT molecular complexity index is 571. The molecule has 0 amide bonds. The molecule has 0 unspecified atom stereocenters. The molecule has 0 spiro atoms. The lowest BCUT2D eigenvalue weighted by atomic mass is 9.79. The Morgan fingerprint density at radius 1 is 1.18 bits per heavy atom. The van der Waals surface area contributed by atoms with Crippen LogP contribution >= 0.6 is 0 Å². The maximum Gasteiger partial charge on any atom is 0.168 e. The summed E-state index contributed by atoms with van der Waals surface area (Å²) >= 11 is 0. The second-order valence-corrected chi connectivity index (χ2v) is 6.12. The van der Waals surface area contributed by atoms with E-state index in [0.29, 0.717) is 18.4 Å². The van der Waals surface area contributed by atoms with Crippen LogP contribution in [0.25, 0.3) is 0 Å². The second-order valence-electron chi connectivity index (χ2n) is 6.12. The number of rotatable bonds is 5. The van der Waals surface area contributed by atoms with Crippen molar-refractivity contribution in [2.75, 3.05) is 27.2 Å². The van der Waals surface area contributed by atoms with Gasteiger partial charge in [0.2, 0.25) is 0 Å². The van der Waals surface area contributed by atoms with E-state index in [1.54, 1.807) is 6.20 Å². The molecule has 1 aliphatic carbocycles. The summed E-state index contributed by atoms with van der Waals surface area (Å²) in [5, 5.41) is 3.07. The van der Waals surface area contributed by atoms with Gasteiger partial charge < -0.3 is 10.2 Å². The Morgan fingerprint density at radius 2 is 1.82 bits per heavy atom. The van der Waals surface area contributed by atoms with Crippen molar-refractivity contribution in [1.82, 2.24) is 10.2 Å². The fourth-order valence-electron chi connectivity index (χ4n) is 2.78. The Hall–Kier alpha value is -1.94. The highest BCUT2D eigenvalue weighted by Crippen LogP contribution is 2.32. The quantitative estimate of drug-likeness (QED) is 0.514. The number of benzene rings is 1. The first kappa shape index (κ1) is 16.4. The number of hydrogen-bond donors (Lipinski definition) is 1. The van der Waals surface area contributed by atoms with Crippen LogP contribution < -0.4 is 5.32 Å². The van der Waals surface area contributed by atoms with E-state index in [1.807, 2.05) is 50.2 Å². The van der Waals surface area contributed by atoms with Crippen LogP contribution in [0.5, 0.6) is 0 Å². The third-order valence-corrected chi connectivity index (χ3v) is 4.04. The van der Waals surface area contributed by atoms with Gasteiger partial charge in [-0.2, -0.15) is 0 Å². The van der Waals surface area contributed by atoms with Gasteiger partial charge in [-0.15, -0.1) is 0 Å². The van der Waals surface area contributed by atoms with Gasteiger partial charge in [-0.3, -0.25) is 9.59 Å². The lowest BCUT2D eigenvalue weighted by Gasteiger charge is -2.23. The summed E-state index contributed by atoms with van der Waals surface area (Å²) in [4.78, 5) is 26.6. The van der Waals surface area contributed by atoms with Crippen molar-refractivity contribution >= 4 is 11.6 Å². The lowest BCUT2D eigenvalue weighted by molar-refractivity contribution is -0.124. The van der Waals surface area contributed by atoms with E-state index in [9.17, 15) is 9.59 Å². The Morgan fingerprint density at radius 3 is 2.41 bits per heavy atom. The van der Waals surface area contributed by atoms with Crippen LogP contribution in [-0.4, -0.2) is 43.7 Å². The SMILES string of the molecule is Cc1ccccc1C1CC(=O)C(=CNCCN(C)C)C(=O)C1. The summed E-state index contributed by atoms with van der Waals surface area (Å²) in [6, 6.07) is 7.99. The predicted octanol–water partition coefficient (Wildman–Crippen LogP) is 2.05. The predicted molar refractivity (Wildman–Crippen MR) is 87.8 cm³/mol. The molecule has 1 aromatic carbocycles. The number of Topliss-reactive ketones (excluding diaryl/α,β-unsaturated/α-hetero) is 2. The molecule has 1 N–H and O–H groups in total. The topological polar surface area (TPSA) is 49.4 Å². The number of nitrogens with one attached hydrogen (secondary N) is 1. The molecular formula is C18H24N2O2. The number of carbonyl (C=O) groups excluding carboxylic acids is 2. The molecule has 1 aromatic rings. The molecule has 0 radical (unpaired) electrons. The Labute approximate surface area is 132 Å². The normalized spacial score (nSPS) is 18.7. The van der Waals surface area contributed by atoms with Crippen molar-refractivity contribution in [2.45, 2.75) is 25.7 Å². The van der Waals surface area contributed by atoms with Crippen molar-refractivity contribution in [2.24, 2.45) is 0 Å². The smallest absolute Gasteiger partial charge is 0.168 e. The van der Waals surface area contributed by atoms with Crippen LogP contribution in [0, 0.1) is 6.92 Å². The van der Waals surface area contributed by atoms with Gasteiger partial charge in [0.1, 0.15) is 0 Å². The number of hydrogen-bond acceptors (Lipinski definition) is 4. The molecule has 0 atom stereocenters. The average molecular weight is 300 g/mol. The fourth-order valence-corrected chi connectivity index (χ4v) is 2.78. The molecule has 1 saturated carbocycles. The largest absolute Gasteiger partial charge is 0.389 e. The molecule has 0 saturated heterocycles. The molecule has 0 heterocycles. The standard InChI is InChI=1S/C18H24N2O2/c1-13-6-4-5-7-15(13)14-10-17(21)16(18(22)11-14)12-19-8-9-20(2)3/h4-7,12,14,19H,8-11H2,1-3H3. The summed E-state index contributed by atoms with van der Waals surface area (Å²) in [5.41, 5.74) is 2.58. The van der Waals surface area contributed by atoms with E-state index < -0.39 is 0 Å². The lowest BCUT2D eigenvalue weighted by Crippen LogP contribution is -2.28. The zero-order valence-corrected chi connectivity index (χ0v) is 13.6. The molecule has 1 fully saturated rings. The second kappa shape index (κ2) is 7.36. The van der Waals surface area contributed by atoms with Crippen molar-refractivity contribution in [3.63, 3.8) is 0 Å². The van der Waals surface area contributed by atoms with E-state index in [1.165, 1.54) is 0 Å². The van der Waals surface area contributed by atoms with Crippen LogP contribution in [0.2, 0.25) is 0 Å². The number of allylic oxidation sites excluding steroid dienone is 1. The Balaban J connectivity index is 2.03. The number of carbonyl (C=O) groups is 2. The summed E-state index contributed by atoms with van der Waals surface area (Å²) in [5.74, 6) is -0.0937. The maximum atomic E-state index is 12.3. The van der Waals surface area contributed by atoms with E-state index in [4.69, 9.17) is 0 Å². The van der Waals surface area contributed by atoms with Crippen LogP contribution in [0.3, 0.4) is 0 Å². The first-order valence-corrected chi connectivity index (χ1v) is 7.69. The van der Waals surface area contributed by atoms with Crippen LogP contribution in [-0.2, 0) is 9.59 Å². The average Bonchev–Trinajstić information content (AvgIpc) is 2.45. The minimum absolute atomic E-state index is 0.0140. The minimum atomic E-state index is -0.0538. The summed E-state index contributed by atoms with van der Waals surface area (Å²) < 4.78 is 0. The van der Waals surface area contributed by atoms with Gasteiger partial charge in [0.25, 0.3) is 0 Å². The fraction of sp³-hybridized carbons (Fsp3) is 0.444. The molecule has 0 aromatic heterocycles. The van der Waals surface area contributed by atoms with Gasteiger partial charge >= 0.3 is 0 Å². The van der Waals surface area contributed by atoms with Gasteiger partial charge in [0.15, 0.2) is 11.6 Å². The zero-order chi connectivity index (χ0) is 16.1. The summed E-state index contributed by atoms with van der Waals surface area (Å²) in [6.07, 6.45) is 2.43. The van der Waals surface area contributed by atoms with Crippen molar-refractivity contribution < 1.29 is 9.59 Å². The monoisotopic (exact) mass is 300 g/mol.